The Balaban J connectivity index is 0.000000220. The van der Waals surface area contributed by atoms with Crippen molar-refractivity contribution < 1.29 is 19.2 Å². The first-order valence-electron chi connectivity index (χ1n) is 8.68. The molecule has 0 aromatic heterocycles. The zero-order valence-corrected chi connectivity index (χ0v) is 15.3. The maximum atomic E-state index is 10.9. The first kappa shape index (κ1) is 20.1. The van der Waals surface area contributed by atoms with Gasteiger partial charge in [0, 0.05) is 25.7 Å². The van der Waals surface area contributed by atoms with Gasteiger partial charge in [0.05, 0.1) is 7.11 Å². The number of hydrogen-bond donors (Lipinski definition) is 0. The van der Waals surface area contributed by atoms with Gasteiger partial charge in [0.25, 0.3) is 17.8 Å². The van der Waals surface area contributed by atoms with Crippen LogP contribution < -0.4 is 0 Å². The van der Waals surface area contributed by atoms with Crippen LogP contribution in [-0.2, 0) is 19.2 Å². The summed E-state index contributed by atoms with van der Waals surface area (Å²) in [6.45, 7) is 9.74. The van der Waals surface area contributed by atoms with Gasteiger partial charge in [0.1, 0.15) is 0 Å². The van der Waals surface area contributed by atoms with E-state index in [0.717, 1.165) is 24.2 Å². The molecule has 0 aromatic carbocycles. The van der Waals surface area contributed by atoms with E-state index in [1.165, 1.54) is 26.4 Å². The Morgan fingerprint density at radius 2 is 1.79 bits per heavy atom. The number of hydroxylamine groups is 2. The van der Waals surface area contributed by atoms with Gasteiger partial charge < -0.3 is 9.57 Å². The minimum atomic E-state index is -0.363. The summed E-state index contributed by atoms with van der Waals surface area (Å²) < 4.78 is 4.55. The molecule has 0 N–H and O–H groups in total. The van der Waals surface area contributed by atoms with Crippen LogP contribution >= 0.6 is 0 Å². The molecule has 2 atom stereocenters. The molecule has 2 fully saturated rings. The van der Waals surface area contributed by atoms with Crippen molar-refractivity contribution in [2.75, 3.05) is 7.11 Å². The van der Waals surface area contributed by atoms with E-state index in [-0.39, 0.29) is 30.6 Å². The topological polar surface area (TPSA) is 55.8 Å². The predicted octanol–water partition coefficient (Wildman–Crippen LogP) is 3.80. The standard InChI is InChI=1S/C10H14.C7H9NO4.C2H6/c1-10-7-5-3-2-4-6-9(10)8-10;1-5(11-2)12-8-6(9)3-4-7(8)10;1-2/h9H,4-8H2,1H3;1,3-4H2,2H3;1-2H3/t9-,10+;;/m1../s1. The molecule has 0 radical (unpaired) electrons. The van der Waals surface area contributed by atoms with Gasteiger partial charge >= 0.3 is 0 Å². The lowest BCUT2D eigenvalue weighted by Crippen LogP contribution is -2.29. The lowest BCUT2D eigenvalue weighted by molar-refractivity contribution is -0.188. The Kier molecular flexibility index (Phi) is 7.84. The van der Waals surface area contributed by atoms with Gasteiger partial charge in [-0.3, -0.25) is 9.59 Å². The predicted molar refractivity (Wildman–Crippen MR) is 92.1 cm³/mol. The molecule has 0 spiro atoms. The molecule has 5 nitrogen and oxygen atoms in total. The number of rotatable bonds is 3. The highest BCUT2D eigenvalue weighted by Gasteiger charge is 2.48. The monoisotopic (exact) mass is 335 g/mol. The summed E-state index contributed by atoms with van der Waals surface area (Å²) in [7, 11) is 1.34. The van der Waals surface area contributed by atoms with E-state index in [0.29, 0.717) is 5.06 Å². The highest BCUT2D eigenvalue weighted by molar-refractivity contribution is 6.00. The number of ether oxygens (including phenoxy) is 1. The van der Waals surface area contributed by atoms with Crippen molar-refractivity contribution in [3.63, 3.8) is 0 Å². The van der Waals surface area contributed by atoms with Crippen molar-refractivity contribution in [2.24, 2.45) is 11.3 Å². The molecule has 1 saturated heterocycles. The maximum absolute atomic E-state index is 10.9. The fraction of sp³-hybridized carbons (Fsp3) is 0.684. The average molecular weight is 335 g/mol. The van der Waals surface area contributed by atoms with Gasteiger partial charge in [-0.1, -0.05) is 20.8 Å². The number of nitrogens with zero attached hydrogens (tertiary/aromatic N) is 1. The summed E-state index contributed by atoms with van der Waals surface area (Å²) in [5.41, 5.74) is 0.717. The van der Waals surface area contributed by atoms with E-state index < -0.39 is 0 Å². The number of amides is 2. The molecule has 3 rings (SSSR count). The highest BCUT2D eigenvalue weighted by Crippen LogP contribution is 2.57. The molecule has 0 unspecified atom stereocenters. The summed E-state index contributed by atoms with van der Waals surface area (Å²) in [5, 5.41) is 0.672. The molecule has 0 bridgehead atoms. The molecule has 134 valence electrons. The van der Waals surface area contributed by atoms with Crippen LogP contribution in [0.2, 0.25) is 0 Å². The van der Waals surface area contributed by atoms with E-state index in [9.17, 15) is 9.59 Å². The minimum Gasteiger partial charge on any atom is -0.468 e. The van der Waals surface area contributed by atoms with Crippen LogP contribution in [0, 0.1) is 23.2 Å². The van der Waals surface area contributed by atoms with E-state index >= 15 is 0 Å². The quantitative estimate of drug-likeness (QED) is 0.447. The maximum Gasteiger partial charge on any atom is 0.299 e. The number of hydrogen-bond acceptors (Lipinski definition) is 4. The van der Waals surface area contributed by atoms with Crippen LogP contribution in [0.3, 0.4) is 0 Å². The normalized spacial score (nSPS) is 26.8. The summed E-state index contributed by atoms with van der Waals surface area (Å²) in [6, 6.07) is 0. The highest BCUT2D eigenvalue weighted by atomic mass is 16.8. The Morgan fingerprint density at radius 3 is 2.38 bits per heavy atom. The van der Waals surface area contributed by atoms with E-state index in [1.807, 2.05) is 13.8 Å². The fourth-order valence-electron chi connectivity index (χ4n) is 2.83. The molecular formula is C19H29NO4. The Labute approximate surface area is 145 Å². The lowest BCUT2D eigenvalue weighted by Gasteiger charge is -2.13. The van der Waals surface area contributed by atoms with Crippen molar-refractivity contribution in [1.29, 1.82) is 0 Å². The molecule has 24 heavy (non-hydrogen) atoms. The number of fused-ring (bicyclic) bond motifs is 1. The Bertz CT molecular complexity index is 515. The van der Waals surface area contributed by atoms with Gasteiger partial charge in [-0.15, -0.1) is 16.9 Å². The van der Waals surface area contributed by atoms with Crippen LogP contribution in [0.1, 0.15) is 65.7 Å². The number of imide groups is 1. The second-order valence-electron chi connectivity index (χ2n) is 6.20. The summed E-state index contributed by atoms with van der Waals surface area (Å²) in [4.78, 5) is 26.5. The summed E-state index contributed by atoms with van der Waals surface area (Å²) >= 11 is 0. The van der Waals surface area contributed by atoms with E-state index in [1.54, 1.807) is 0 Å². The number of carbonyl (C=O) groups is 2. The zero-order valence-electron chi connectivity index (χ0n) is 15.3. The van der Waals surface area contributed by atoms with Gasteiger partial charge in [0.15, 0.2) is 0 Å². The zero-order chi connectivity index (χ0) is 18.2. The lowest BCUT2D eigenvalue weighted by atomic mass is 9.96. The second kappa shape index (κ2) is 9.36. The van der Waals surface area contributed by atoms with Gasteiger partial charge in [-0.25, -0.2) is 0 Å². The fourth-order valence-corrected chi connectivity index (χ4v) is 2.83. The largest absolute Gasteiger partial charge is 0.468 e. The van der Waals surface area contributed by atoms with Gasteiger partial charge in [-0.05, 0) is 37.2 Å². The Hall–Kier alpha value is -1.96. The minimum absolute atomic E-state index is 0.0707. The average Bonchev–Trinajstić information content (AvgIpc) is 3.09. The van der Waals surface area contributed by atoms with Crippen molar-refractivity contribution >= 4 is 11.8 Å². The molecule has 1 heterocycles. The molecule has 1 aliphatic heterocycles. The third-order valence-corrected chi connectivity index (χ3v) is 4.53. The van der Waals surface area contributed by atoms with Gasteiger partial charge in [0.2, 0.25) is 0 Å². The van der Waals surface area contributed by atoms with Crippen LogP contribution in [-0.4, -0.2) is 24.0 Å². The molecule has 1 saturated carbocycles. The van der Waals surface area contributed by atoms with Crippen molar-refractivity contribution in [3.8, 4) is 11.8 Å². The SMILES string of the molecule is C=C(OC)ON1C(=O)CCC1=O.CC.C[C@@]12CCC#CCC[C@@H]1C2. The summed E-state index contributed by atoms with van der Waals surface area (Å²) in [6.07, 6.45) is 6.86. The first-order valence-corrected chi connectivity index (χ1v) is 8.68. The van der Waals surface area contributed by atoms with Crippen LogP contribution in [0.15, 0.2) is 12.5 Å². The Morgan fingerprint density at radius 1 is 1.21 bits per heavy atom. The molecule has 0 aromatic rings. The third-order valence-electron chi connectivity index (χ3n) is 4.53. The van der Waals surface area contributed by atoms with Crippen molar-refractivity contribution in [2.45, 2.75) is 65.7 Å². The first-order chi connectivity index (χ1) is 11.5. The third kappa shape index (κ3) is 5.59. The van der Waals surface area contributed by atoms with E-state index in [2.05, 4.69) is 30.1 Å². The number of carbonyl (C=O) groups excluding carboxylic acids is 2. The summed E-state index contributed by atoms with van der Waals surface area (Å²) in [5.74, 6) is 6.66. The molecule has 3 aliphatic rings. The van der Waals surface area contributed by atoms with Crippen LogP contribution in [0.4, 0.5) is 0 Å². The second-order valence-corrected chi connectivity index (χ2v) is 6.20. The molecular weight excluding hydrogens is 306 g/mol. The molecule has 2 aliphatic carbocycles. The molecule has 5 heteroatoms. The smallest absolute Gasteiger partial charge is 0.299 e. The van der Waals surface area contributed by atoms with Gasteiger partial charge in [-0.2, -0.15) is 0 Å². The van der Waals surface area contributed by atoms with Crippen LogP contribution in [0.25, 0.3) is 0 Å². The van der Waals surface area contributed by atoms with Crippen molar-refractivity contribution in [1.82, 2.24) is 5.06 Å². The van der Waals surface area contributed by atoms with Crippen molar-refractivity contribution in [3.05, 3.63) is 12.5 Å². The van der Waals surface area contributed by atoms with E-state index in [4.69, 9.17) is 4.84 Å². The molecule has 2 amide bonds. The van der Waals surface area contributed by atoms with Crippen LogP contribution in [0.5, 0.6) is 0 Å². The number of methoxy groups -OCH3 is 1.